The van der Waals surface area contributed by atoms with E-state index in [0.717, 1.165) is 11.1 Å². The minimum absolute atomic E-state index is 0.247. The van der Waals surface area contributed by atoms with Gasteiger partial charge in [0.15, 0.2) is 5.13 Å². The maximum Gasteiger partial charge on any atom is 0.412 e. The van der Waals surface area contributed by atoms with E-state index >= 15 is 0 Å². The van der Waals surface area contributed by atoms with Crippen molar-refractivity contribution in [1.82, 2.24) is 15.0 Å². The molecule has 9 nitrogen and oxygen atoms in total. The molecule has 3 heterocycles. The number of hydrogen-bond acceptors (Lipinski definition) is 8. The molecule has 1 amide bonds. The molecule has 1 aromatic carbocycles. The Hall–Kier alpha value is -3.63. The first-order chi connectivity index (χ1) is 16.3. The predicted molar refractivity (Wildman–Crippen MR) is 133 cm³/mol. The van der Waals surface area contributed by atoms with Gasteiger partial charge < -0.3 is 19.8 Å². The molecule has 3 aromatic heterocycles. The van der Waals surface area contributed by atoms with Crippen LogP contribution in [0.4, 0.5) is 14.9 Å². The zero-order valence-electron chi connectivity index (χ0n) is 18.6. The van der Waals surface area contributed by atoms with Gasteiger partial charge in [0.2, 0.25) is 0 Å². The summed E-state index contributed by atoms with van der Waals surface area (Å²) < 4.78 is 10.6. The number of nitrogens with one attached hydrogen (secondary N) is 3. The van der Waals surface area contributed by atoms with E-state index in [1.54, 1.807) is 24.4 Å². The van der Waals surface area contributed by atoms with Gasteiger partial charge in [-0.1, -0.05) is 29.0 Å². The molecule has 176 valence electrons. The van der Waals surface area contributed by atoms with E-state index in [4.69, 9.17) is 16.3 Å². The number of benzene rings is 1. The first-order valence-corrected chi connectivity index (χ1v) is 11.5. The highest BCUT2D eigenvalue weighted by Crippen LogP contribution is 2.33. The Morgan fingerprint density at radius 2 is 2.03 bits per heavy atom. The molecule has 0 bridgehead atoms. The third-order valence-corrected chi connectivity index (χ3v) is 6.20. The van der Waals surface area contributed by atoms with E-state index in [9.17, 15) is 9.59 Å². The van der Waals surface area contributed by atoms with Crippen molar-refractivity contribution in [3.05, 3.63) is 75.4 Å². The number of ether oxygens (including phenoxy) is 2. The van der Waals surface area contributed by atoms with Crippen molar-refractivity contribution in [2.24, 2.45) is 0 Å². The average molecular weight is 500 g/mol. The van der Waals surface area contributed by atoms with Crippen LogP contribution in [0.25, 0.3) is 10.9 Å². The van der Waals surface area contributed by atoms with E-state index in [-0.39, 0.29) is 17.7 Å². The summed E-state index contributed by atoms with van der Waals surface area (Å²) >= 11 is 7.71. The highest BCUT2D eigenvalue weighted by atomic mass is 35.5. The summed E-state index contributed by atoms with van der Waals surface area (Å²) in [5.74, 6) is 0.454. The quantitative estimate of drug-likeness (QED) is 0.306. The zero-order chi connectivity index (χ0) is 24.2. The lowest BCUT2D eigenvalue weighted by Gasteiger charge is -2.17. The second-order valence-corrected chi connectivity index (χ2v) is 8.89. The maximum atomic E-state index is 12.8. The standard InChI is InChI=1S/C23H22ClN5O4S/c1-12(27-22-26-11-20(34-22)29-23(31)32-3)15-8-14-9-16(24)19(10-18(14)28-21(15)30)33-13(2)17-6-4-5-7-25-17/h4-13H,1-3H3,(H,26,27)(H,28,30)(H,29,31)/t12-,13+/m0/s1. The van der Waals surface area contributed by atoms with Gasteiger partial charge in [-0.25, -0.2) is 9.78 Å². The van der Waals surface area contributed by atoms with Crippen molar-refractivity contribution in [3.63, 3.8) is 0 Å². The van der Waals surface area contributed by atoms with Crippen LogP contribution in [0.3, 0.4) is 0 Å². The topological polar surface area (TPSA) is 118 Å². The van der Waals surface area contributed by atoms with Crippen LogP contribution >= 0.6 is 22.9 Å². The Morgan fingerprint density at radius 1 is 1.21 bits per heavy atom. The van der Waals surface area contributed by atoms with Crippen LogP contribution in [0.2, 0.25) is 5.02 Å². The van der Waals surface area contributed by atoms with E-state index in [2.05, 4.69) is 30.3 Å². The van der Waals surface area contributed by atoms with E-state index in [0.29, 0.717) is 32.0 Å². The van der Waals surface area contributed by atoms with Gasteiger partial charge in [-0.3, -0.25) is 15.1 Å². The molecular formula is C23H22ClN5O4S. The Labute approximate surface area is 204 Å². The van der Waals surface area contributed by atoms with E-state index in [1.165, 1.54) is 24.6 Å². The van der Waals surface area contributed by atoms with Gasteiger partial charge in [0.05, 0.1) is 35.6 Å². The molecule has 0 unspecified atom stereocenters. The summed E-state index contributed by atoms with van der Waals surface area (Å²) in [6.45, 7) is 3.73. The molecule has 4 aromatic rings. The summed E-state index contributed by atoms with van der Waals surface area (Å²) in [5.41, 5.74) is 1.64. The monoisotopic (exact) mass is 499 g/mol. The molecule has 0 spiro atoms. The first kappa shape index (κ1) is 23.5. The SMILES string of the molecule is COC(=O)Nc1cnc(N[C@@H](C)c2cc3cc(Cl)c(O[C@H](C)c4ccccn4)cc3[nH]c2=O)s1. The Morgan fingerprint density at radius 3 is 2.76 bits per heavy atom. The van der Waals surface area contributed by atoms with Crippen molar-refractivity contribution >= 4 is 50.1 Å². The van der Waals surface area contributed by atoms with Gasteiger partial charge in [-0.05, 0) is 38.1 Å². The Kier molecular flexibility index (Phi) is 6.99. The fourth-order valence-electron chi connectivity index (χ4n) is 3.32. The fourth-order valence-corrected chi connectivity index (χ4v) is 4.32. The number of thiazole rings is 1. The highest BCUT2D eigenvalue weighted by Gasteiger charge is 2.16. The van der Waals surface area contributed by atoms with Crippen LogP contribution in [0, 0.1) is 0 Å². The number of nitrogens with zero attached hydrogens (tertiary/aromatic N) is 2. The molecule has 34 heavy (non-hydrogen) atoms. The van der Waals surface area contributed by atoms with Crippen LogP contribution in [0.1, 0.15) is 37.3 Å². The summed E-state index contributed by atoms with van der Waals surface area (Å²) in [4.78, 5) is 35.6. The number of pyridine rings is 2. The normalized spacial score (nSPS) is 12.7. The van der Waals surface area contributed by atoms with Crippen molar-refractivity contribution < 1.29 is 14.3 Å². The van der Waals surface area contributed by atoms with Crippen molar-refractivity contribution in [2.75, 3.05) is 17.7 Å². The lowest BCUT2D eigenvalue weighted by Crippen LogP contribution is -2.19. The molecule has 3 N–H and O–H groups in total. The number of fused-ring (bicyclic) bond motifs is 1. The second-order valence-electron chi connectivity index (χ2n) is 7.45. The summed E-state index contributed by atoms with van der Waals surface area (Å²) in [6, 6.07) is 10.5. The van der Waals surface area contributed by atoms with E-state index in [1.807, 2.05) is 32.0 Å². The molecular weight excluding hydrogens is 478 g/mol. The molecule has 0 saturated heterocycles. The minimum Gasteiger partial charge on any atom is -0.483 e. The van der Waals surface area contributed by atoms with Gasteiger partial charge in [0, 0.05) is 23.2 Å². The first-order valence-electron chi connectivity index (χ1n) is 10.4. The number of aromatic amines is 1. The number of hydrogen-bond donors (Lipinski definition) is 3. The predicted octanol–water partition coefficient (Wildman–Crippen LogP) is 5.52. The molecule has 11 heteroatoms. The minimum atomic E-state index is -0.580. The molecule has 0 aliphatic heterocycles. The van der Waals surface area contributed by atoms with Gasteiger partial charge in [0.25, 0.3) is 5.56 Å². The molecule has 0 fully saturated rings. The van der Waals surface area contributed by atoms with Crippen LogP contribution in [0.5, 0.6) is 5.75 Å². The summed E-state index contributed by atoms with van der Waals surface area (Å²) in [5, 5.41) is 7.98. The fraction of sp³-hybridized carbons (Fsp3) is 0.217. The summed E-state index contributed by atoms with van der Waals surface area (Å²) in [6.07, 6.45) is 2.31. The summed E-state index contributed by atoms with van der Waals surface area (Å²) in [7, 11) is 1.28. The van der Waals surface area contributed by atoms with Gasteiger partial charge in [0.1, 0.15) is 16.9 Å². The number of rotatable bonds is 7. The Balaban J connectivity index is 1.54. The number of carbonyl (C=O) groups is 1. The molecule has 0 aliphatic carbocycles. The van der Waals surface area contributed by atoms with Crippen molar-refractivity contribution in [2.45, 2.75) is 26.0 Å². The van der Waals surface area contributed by atoms with Gasteiger partial charge >= 0.3 is 6.09 Å². The van der Waals surface area contributed by atoms with Crippen LogP contribution in [-0.4, -0.2) is 28.2 Å². The number of amides is 1. The lowest BCUT2D eigenvalue weighted by molar-refractivity contribution is 0.187. The average Bonchev–Trinajstić information content (AvgIpc) is 3.26. The molecule has 0 radical (unpaired) electrons. The zero-order valence-corrected chi connectivity index (χ0v) is 20.2. The number of methoxy groups -OCH3 is 1. The molecule has 0 saturated carbocycles. The smallest absolute Gasteiger partial charge is 0.412 e. The Bertz CT molecular complexity index is 1380. The lowest BCUT2D eigenvalue weighted by atomic mass is 10.1. The highest BCUT2D eigenvalue weighted by molar-refractivity contribution is 7.19. The number of carbonyl (C=O) groups excluding carboxylic acids is 1. The molecule has 2 atom stereocenters. The van der Waals surface area contributed by atoms with Crippen LogP contribution in [-0.2, 0) is 4.74 Å². The maximum absolute atomic E-state index is 12.8. The number of anilines is 2. The number of aromatic nitrogens is 3. The number of H-pyrrole nitrogens is 1. The second kappa shape index (κ2) is 10.1. The van der Waals surface area contributed by atoms with E-state index < -0.39 is 6.09 Å². The third-order valence-electron chi connectivity index (χ3n) is 5.06. The molecule has 0 aliphatic rings. The van der Waals surface area contributed by atoms with Crippen LogP contribution < -0.4 is 20.9 Å². The van der Waals surface area contributed by atoms with Crippen molar-refractivity contribution in [1.29, 1.82) is 0 Å². The molecule has 4 rings (SSSR count). The third kappa shape index (κ3) is 5.29. The van der Waals surface area contributed by atoms with Crippen molar-refractivity contribution in [3.8, 4) is 5.75 Å². The largest absolute Gasteiger partial charge is 0.483 e. The number of halogens is 1. The van der Waals surface area contributed by atoms with Gasteiger partial charge in [-0.2, -0.15) is 0 Å². The van der Waals surface area contributed by atoms with Gasteiger partial charge in [-0.15, -0.1) is 0 Å². The van der Waals surface area contributed by atoms with Crippen LogP contribution in [0.15, 0.2) is 53.6 Å².